The standard InChI is InChI=1S/C19H16BrN5O3S/c1-2-10-24-18(13-6-8-14(20)9-7-13)22-23-19(24)29-12-17(26)21-15-4-3-5-16(11-15)25(27)28/h2-9,11H,1,10,12H2,(H,21,26). The lowest BCUT2D eigenvalue weighted by Crippen LogP contribution is -2.14. The minimum atomic E-state index is -0.508. The molecule has 0 atom stereocenters. The molecule has 0 saturated carbocycles. The summed E-state index contributed by atoms with van der Waals surface area (Å²) in [5.41, 5.74) is 1.18. The van der Waals surface area contributed by atoms with Gasteiger partial charge in [0.05, 0.1) is 10.7 Å². The average molecular weight is 474 g/mol. The highest BCUT2D eigenvalue weighted by Crippen LogP contribution is 2.25. The van der Waals surface area contributed by atoms with E-state index in [1.165, 1.54) is 30.0 Å². The van der Waals surface area contributed by atoms with E-state index in [-0.39, 0.29) is 17.3 Å². The first-order valence-electron chi connectivity index (χ1n) is 8.45. The number of carbonyl (C=O) groups excluding carboxylic acids is 1. The van der Waals surface area contributed by atoms with Crippen molar-refractivity contribution < 1.29 is 9.72 Å². The summed E-state index contributed by atoms with van der Waals surface area (Å²) in [6.07, 6.45) is 1.74. The van der Waals surface area contributed by atoms with E-state index in [4.69, 9.17) is 0 Å². The maximum Gasteiger partial charge on any atom is 0.271 e. The second kappa shape index (κ2) is 9.48. The zero-order chi connectivity index (χ0) is 20.8. The Morgan fingerprint density at radius 2 is 2.03 bits per heavy atom. The molecule has 0 aliphatic carbocycles. The second-order valence-electron chi connectivity index (χ2n) is 5.86. The molecular weight excluding hydrogens is 458 g/mol. The van der Waals surface area contributed by atoms with E-state index >= 15 is 0 Å². The summed E-state index contributed by atoms with van der Waals surface area (Å²) in [4.78, 5) is 22.6. The first kappa shape index (κ1) is 20.7. The van der Waals surface area contributed by atoms with Crippen molar-refractivity contribution in [1.29, 1.82) is 0 Å². The van der Waals surface area contributed by atoms with Crippen LogP contribution in [0.1, 0.15) is 0 Å². The van der Waals surface area contributed by atoms with E-state index in [9.17, 15) is 14.9 Å². The van der Waals surface area contributed by atoms with E-state index in [0.717, 1.165) is 10.0 Å². The lowest BCUT2D eigenvalue weighted by Gasteiger charge is -2.08. The fourth-order valence-electron chi connectivity index (χ4n) is 2.53. The molecule has 1 heterocycles. The number of nitrogens with one attached hydrogen (secondary N) is 1. The van der Waals surface area contributed by atoms with Crippen LogP contribution in [0.15, 0.2) is 70.8 Å². The molecule has 2 aromatic carbocycles. The maximum absolute atomic E-state index is 12.3. The number of rotatable bonds is 8. The Labute approximate surface area is 179 Å². The number of carbonyl (C=O) groups is 1. The lowest BCUT2D eigenvalue weighted by molar-refractivity contribution is -0.384. The number of hydrogen-bond acceptors (Lipinski definition) is 6. The number of hydrogen-bond donors (Lipinski definition) is 1. The molecule has 8 nitrogen and oxygen atoms in total. The number of nitro benzene ring substituents is 1. The van der Waals surface area contributed by atoms with Crippen LogP contribution in [0.25, 0.3) is 11.4 Å². The normalized spacial score (nSPS) is 10.5. The molecular formula is C19H16BrN5O3S. The third-order valence-corrected chi connectivity index (χ3v) is 5.30. The van der Waals surface area contributed by atoms with Gasteiger partial charge in [-0.05, 0) is 18.2 Å². The Kier molecular flexibility index (Phi) is 6.78. The molecule has 0 radical (unpaired) electrons. The van der Waals surface area contributed by atoms with Gasteiger partial charge in [0, 0.05) is 34.4 Å². The zero-order valence-corrected chi connectivity index (χ0v) is 17.5. The number of non-ortho nitro benzene ring substituents is 1. The molecule has 1 aromatic heterocycles. The molecule has 1 amide bonds. The third-order valence-electron chi connectivity index (χ3n) is 3.80. The van der Waals surface area contributed by atoms with Crippen LogP contribution in [0.5, 0.6) is 0 Å². The molecule has 10 heteroatoms. The molecule has 0 unspecified atom stereocenters. The van der Waals surface area contributed by atoms with Crippen molar-refractivity contribution in [3.8, 4) is 11.4 Å². The molecule has 0 aliphatic heterocycles. The van der Waals surface area contributed by atoms with Gasteiger partial charge in [0.2, 0.25) is 5.91 Å². The van der Waals surface area contributed by atoms with Gasteiger partial charge in [0.25, 0.3) is 5.69 Å². The van der Waals surface area contributed by atoms with Crippen LogP contribution < -0.4 is 5.32 Å². The average Bonchev–Trinajstić information content (AvgIpc) is 3.10. The Bertz CT molecular complexity index is 1050. The molecule has 1 N–H and O–H groups in total. The smallest absolute Gasteiger partial charge is 0.271 e. The van der Waals surface area contributed by atoms with E-state index in [1.807, 2.05) is 28.8 Å². The SMILES string of the molecule is C=CCn1c(SCC(=O)Nc2cccc([N+](=O)[O-])c2)nnc1-c1ccc(Br)cc1. The van der Waals surface area contributed by atoms with Gasteiger partial charge in [-0.25, -0.2) is 0 Å². The highest BCUT2D eigenvalue weighted by atomic mass is 79.9. The van der Waals surface area contributed by atoms with Crippen molar-refractivity contribution in [3.05, 3.63) is 75.8 Å². The van der Waals surface area contributed by atoms with Gasteiger partial charge in [-0.3, -0.25) is 19.5 Å². The van der Waals surface area contributed by atoms with Crippen molar-refractivity contribution >= 4 is 45.0 Å². The van der Waals surface area contributed by atoms with E-state index < -0.39 is 4.92 Å². The Morgan fingerprint density at radius 1 is 1.28 bits per heavy atom. The van der Waals surface area contributed by atoms with Crippen LogP contribution in [0.2, 0.25) is 0 Å². The summed E-state index contributed by atoms with van der Waals surface area (Å²) in [6, 6.07) is 13.5. The van der Waals surface area contributed by atoms with Gasteiger partial charge in [-0.2, -0.15) is 0 Å². The van der Waals surface area contributed by atoms with Crippen LogP contribution in [0, 0.1) is 10.1 Å². The highest BCUT2D eigenvalue weighted by molar-refractivity contribution is 9.10. The number of amides is 1. The fourth-order valence-corrected chi connectivity index (χ4v) is 3.54. The predicted octanol–water partition coefficient (Wildman–Crippen LogP) is 4.53. The van der Waals surface area contributed by atoms with Crippen LogP contribution in [0.4, 0.5) is 11.4 Å². The number of aromatic nitrogens is 3. The van der Waals surface area contributed by atoms with Gasteiger partial charge in [0.1, 0.15) is 0 Å². The molecule has 3 rings (SSSR count). The number of thioether (sulfide) groups is 1. The Hall–Kier alpha value is -2.98. The largest absolute Gasteiger partial charge is 0.325 e. The molecule has 0 bridgehead atoms. The molecule has 3 aromatic rings. The maximum atomic E-state index is 12.3. The summed E-state index contributed by atoms with van der Waals surface area (Å²) in [5, 5.41) is 22.5. The summed E-state index contributed by atoms with van der Waals surface area (Å²) < 4.78 is 2.84. The van der Waals surface area contributed by atoms with E-state index in [0.29, 0.717) is 23.2 Å². The van der Waals surface area contributed by atoms with Crippen LogP contribution in [0.3, 0.4) is 0 Å². The van der Waals surface area contributed by atoms with Crippen molar-refractivity contribution in [1.82, 2.24) is 14.8 Å². The monoisotopic (exact) mass is 473 g/mol. The number of nitrogens with zero attached hydrogens (tertiary/aromatic N) is 4. The first-order chi connectivity index (χ1) is 14.0. The number of halogens is 1. The Balaban J connectivity index is 1.70. The van der Waals surface area contributed by atoms with Gasteiger partial charge in [-0.1, -0.05) is 52.0 Å². The summed E-state index contributed by atoms with van der Waals surface area (Å²) >= 11 is 4.64. The highest BCUT2D eigenvalue weighted by Gasteiger charge is 2.15. The topological polar surface area (TPSA) is 103 Å². The second-order valence-corrected chi connectivity index (χ2v) is 7.71. The molecule has 148 valence electrons. The summed E-state index contributed by atoms with van der Waals surface area (Å²) in [7, 11) is 0. The summed E-state index contributed by atoms with van der Waals surface area (Å²) in [5.74, 6) is 0.464. The fraction of sp³-hybridized carbons (Fsp3) is 0.105. The van der Waals surface area contributed by atoms with Gasteiger partial charge < -0.3 is 5.32 Å². The van der Waals surface area contributed by atoms with Crippen LogP contribution in [-0.2, 0) is 11.3 Å². The third kappa shape index (κ3) is 5.30. The van der Waals surface area contributed by atoms with Crippen LogP contribution >= 0.6 is 27.7 Å². The van der Waals surface area contributed by atoms with Gasteiger partial charge in [0.15, 0.2) is 11.0 Å². The van der Waals surface area contributed by atoms with Gasteiger partial charge >= 0.3 is 0 Å². The molecule has 29 heavy (non-hydrogen) atoms. The number of benzene rings is 2. The molecule has 0 aliphatic rings. The minimum Gasteiger partial charge on any atom is -0.325 e. The van der Waals surface area contributed by atoms with Gasteiger partial charge in [-0.15, -0.1) is 16.8 Å². The van der Waals surface area contributed by atoms with E-state index in [1.54, 1.807) is 12.1 Å². The van der Waals surface area contributed by atoms with Crippen molar-refractivity contribution in [2.45, 2.75) is 11.7 Å². The van der Waals surface area contributed by atoms with E-state index in [2.05, 4.69) is 38.0 Å². The molecule has 0 spiro atoms. The number of nitro groups is 1. The molecule has 0 fully saturated rings. The minimum absolute atomic E-state index is 0.0817. The Morgan fingerprint density at radius 3 is 2.72 bits per heavy atom. The van der Waals surface area contributed by atoms with Crippen molar-refractivity contribution in [3.63, 3.8) is 0 Å². The first-order valence-corrected chi connectivity index (χ1v) is 10.2. The van der Waals surface area contributed by atoms with Crippen molar-refractivity contribution in [2.75, 3.05) is 11.1 Å². The molecule has 0 saturated heterocycles. The quantitative estimate of drug-likeness (QED) is 0.223. The predicted molar refractivity (Wildman–Crippen MR) is 116 cm³/mol. The van der Waals surface area contributed by atoms with Crippen LogP contribution in [-0.4, -0.2) is 31.3 Å². The summed E-state index contributed by atoms with van der Waals surface area (Å²) in [6.45, 7) is 4.26. The zero-order valence-electron chi connectivity index (χ0n) is 15.1. The lowest BCUT2D eigenvalue weighted by atomic mass is 10.2. The number of allylic oxidation sites excluding steroid dienone is 1. The number of anilines is 1. The van der Waals surface area contributed by atoms with Crippen molar-refractivity contribution in [2.24, 2.45) is 0 Å².